The van der Waals surface area contributed by atoms with E-state index in [1.54, 1.807) is 18.2 Å². The van der Waals surface area contributed by atoms with Crippen LogP contribution in [0.15, 0.2) is 51.8 Å². The maximum absolute atomic E-state index is 13.2. The van der Waals surface area contributed by atoms with Gasteiger partial charge in [0.2, 0.25) is 0 Å². The number of halogens is 2. The van der Waals surface area contributed by atoms with Gasteiger partial charge in [-0.05, 0) is 42.8 Å². The monoisotopic (exact) mass is 358 g/mol. The normalized spacial score (nSPS) is 11.6. The Hall–Kier alpha value is -1.24. The summed E-state index contributed by atoms with van der Waals surface area (Å²) in [6.07, 6.45) is 0. The average molecular weight is 359 g/mol. The summed E-state index contributed by atoms with van der Waals surface area (Å²) in [5.74, 6) is -0.453. The molecular weight excluding hydrogens is 347 g/mol. The molecule has 0 N–H and O–H groups in total. The molecule has 0 radical (unpaired) electrons. The minimum absolute atomic E-state index is 0.0820. The first-order chi connectivity index (χ1) is 9.37. The van der Waals surface area contributed by atoms with Crippen molar-refractivity contribution in [2.75, 3.05) is 0 Å². The van der Waals surface area contributed by atoms with Gasteiger partial charge in [0.25, 0.3) is 10.1 Å². The second-order valence-electron chi connectivity index (χ2n) is 4.31. The van der Waals surface area contributed by atoms with Crippen LogP contribution in [0.25, 0.3) is 0 Å². The van der Waals surface area contributed by atoms with Crippen molar-refractivity contribution in [2.45, 2.75) is 18.4 Å². The quantitative estimate of drug-likeness (QED) is 0.780. The third-order valence-electron chi connectivity index (χ3n) is 2.61. The summed E-state index contributed by atoms with van der Waals surface area (Å²) in [5, 5.41) is 0. The third-order valence-corrected chi connectivity index (χ3v) is 4.35. The molecule has 0 aliphatic heterocycles. The molecule has 0 bridgehead atoms. The Balaban J connectivity index is 2.15. The van der Waals surface area contributed by atoms with Crippen LogP contribution in [0.3, 0.4) is 0 Å². The lowest BCUT2D eigenvalue weighted by Gasteiger charge is -2.07. The predicted molar refractivity (Wildman–Crippen MR) is 77.3 cm³/mol. The van der Waals surface area contributed by atoms with Crippen molar-refractivity contribution in [2.24, 2.45) is 0 Å². The van der Waals surface area contributed by atoms with Gasteiger partial charge in [0.05, 0.1) is 11.5 Å². The van der Waals surface area contributed by atoms with Crippen molar-refractivity contribution in [1.29, 1.82) is 0 Å². The minimum Gasteiger partial charge on any atom is -0.262 e. The van der Waals surface area contributed by atoms with Gasteiger partial charge in [-0.25, -0.2) is 4.39 Å². The Kier molecular flexibility index (Phi) is 4.57. The van der Waals surface area contributed by atoms with Crippen molar-refractivity contribution in [3.8, 4) is 0 Å². The van der Waals surface area contributed by atoms with Gasteiger partial charge in [0.15, 0.2) is 0 Å². The van der Waals surface area contributed by atoms with Crippen LogP contribution in [0.1, 0.15) is 11.1 Å². The number of hydrogen-bond donors (Lipinski definition) is 0. The summed E-state index contributed by atoms with van der Waals surface area (Å²) in [6, 6.07) is 10.5. The molecule has 2 aromatic rings. The summed E-state index contributed by atoms with van der Waals surface area (Å²) < 4.78 is 42.6. The maximum Gasteiger partial charge on any atom is 0.297 e. The molecular formula is C14H12BrFO3S. The van der Waals surface area contributed by atoms with Gasteiger partial charge in [-0.3, -0.25) is 4.18 Å². The van der Waals surface area contributed by atoms with Crippen molar-refractivity contribution in [3.05, 3.63) is 63.9 Å². The van der Waals surface area contributed by atoms with Crippen LogP contribution in [0, 0.1) is 12.7 Å². The molecule has 3 nitrogen and oxygen atoms in total. The van der Waals surface area contributed by atoms with E-state index < -0.39 is 15.9 Å². The third kappa shape index (κ3) is 3.88. The van der Waals surface area contributed by atoms with Crippen molar-refractivity contribution in [1.82, 2.24) is 0 Å². The second-order valence-corrected chi connectivity index (χ2v) is 6.84. The van der Waals surface area contributed by atoms with Gasteiger partial charge in [-0.2, -0.15) is 8.42 Å². The molecule has 0 heterocycles. The molecule has 0 aromatic heterocycles. The first-order valence-electron chi connectivity index (χ1n) is 5.78. The average Bonchev–Trinajstić information content (AvgIpc) is 2.36. The second kappa shape index (κ2) is 6.03. The molecule has 6 heteroatoms. The highest BCUT2D eigenvalue weighted by Crippen LogP contribution is 2.19. The number of aryl methyl sites for hydroxylation is 1. The number of benzene rings is 2. The van der Waals surface area contributed by atoms with E-state index in [2.05, 4.69) is 15.9 Å². The molecule has 20 heavy (non-hydrogen) atoms. The van der Waals surface area contributed by atoms with Gasteiger partial charge in [0.1, 0.15) is 5.82 Å². The highest BCUT2D eigenvalue weighted by atomic mass is 79.9. The Morgan fingerprint density at radius 3 is 2.40 bits per heavy atom. The molecule has 0 aliphatic rings. The van der Waals surface area contributed by atoms with Crippen LogP contribution in [0.2, 0.25) is 0 Å². The van der Waals surface area contributed by atoms with Gasteiger partial charge in [0, 0.05) is 4.47 Å². The zero-order valence-electron chi connectivity index (χ0n) is 10.6. The Morgan fingerprint density at radius 2 is 1.80 bits per heavy atom. The molecule has 0 atom stereocenters. The topological polar surface area (TPSA) is 43.4 Å². The van der Waals surface area contributed by atoms with Crippen LogP contribution in [0.4, 0.5) is 4.39 Å². The molecule has 0 spiro atoms. The fourth-order valence-electron chi connectivity index (χ4n) is 1.61. The maximum atomic E-state index is 13.2. The Bertz CT molecular complexity index is 691. The van der Waals surface area contributed by atoms with E-state index in [1.807, 2.05) is 6.92 Å². The summed E-state index contributed by atoms with van der Waals surface area (Å²) in [5.41, 5.74) is 1.39. The molecule has 0 amide bonds. The molecule has 0 fully saturated rings. The van der Waals surface area contributed by atoms with Crippen LogP contribution in [-0.4, -0.2) is 8.42 Å². The first-order valence-corrected chi connectivity index (χ1v) is 7.98. The molecule has 0 aliphatic carbocycles. The van der Waals surface area contributed by atoms with E-state index in [0.29, 0.717) is 10.0 Å². The van der Waals surface area contributed by atoms with E-state index in [9.17, 15) is 12.8 Å². The van der Waals surface area contributed by atoms with Crippen molar-refractivity contribution >= 4 is 26.0 Å². The molecule has 0 saturated heterocycles. The standard InChI is InChI=1S/C14H12BrFO3S/c1-10-2-4-14(5-3-10)20(17,18)19-9-11-6-12(15)8-13(16)7-11/h2-8H,9H2,1H3. The lowest BCUT2D eigenvalue weighted by molar-refractivity contribution is 0.307. The number of hydrogen-bond acceptors (Lipinski definition) is 3. The molecule has 2 rings (SSSR count). The van der Waals surface area contributed by atoms with Gasteiger partial charge in [-0.15, -0.1) is 0 Å². The smallest absolute Gasteiger partial charge is 0.262 e. The SMILES string of the molecule is Cc1ccc(S(=O)(=O)OCc2cc(F)cc(Br)c2)cc1. The predicted octanol–water partition coefficient (Wildman–Crippen LogP) is 3.80. The largest absolute Gasteiger partial charge is 0.297 e. The fourth-order valence-corrected chi connectivity index (χ4v) is 3.02. The Labute approximate surface area is 125 Å². The summed E-state index contributed by atoms with van der Waals surface area (Å²) in [6.45, 7) is 1.65. The lowest BCUT2D eigenvalue weighted by Crippen LogP contribution is -2.06. The minimum atomic E-state index is -3.84. The zero-order valence-corrected chi connectivity index (χ0v) is 13.0. The van der Waals surface area contributed by atoms with Crippen LogP contribution in [0.5, 0.6) is 0 Å². The van der Waals surface area contributed by atoms with E-state index in [-0.39, 0.29) is 11.5 Å². The molecule has 2 aromatic carbocycles. The highest BCUT2D eigenvalue weighted by molar-refractivity contribution is 9.10. The van der Waals surface area contributed by atoms with Crippen molar-refractivity contribution in [3.63, 3.8) is 0 Å². The van der Waals surface area contributed by atoms with E-state index in [0.717, 1.165) is 5.56 Å². The van der Waals surface area contributed by atoms with E-state index in [1.165, 1.54) is 24.3 Å². The van der Waals surface area contributed by atoms with Crippen molar-refractivity contribution < 1.29 is 17.0 Å². The fraction of sp³-hybridized carbons (Fsp3) is 0.143. The zero-order chi connectivity index (χ0) is 14.8. The molecule has 0 saturated carbocycles. The Morgan fingerprint density at radius 1 is 1.15 bits per heavy atom. The first kappa shape index (κ1) is 15.2. The van der Waals surface area contributed by atoms with Crippen LogP contribution >= 0.6 is 15.9 Å². The summed E-state index contributed by atoms with van der Waals surface area (Å²) in [7, 11) is -3.84. The van der Waals surface area contributed by atoms with E-state index >= 15 is 0 Å². The highest BCUT2D eigenvalue weighted by Gasteiger charge is 2.15. The van der Waals surface area contributed by atoms with Crippen LogP contribution in [-0.2, 0) is 20.9 Å². The van der Waals surface area contributed by atoms with Gasteiger partial charge < -0.3 is 0 Å². The summed E-state index contributed by atoms with van der Waals surface area (Å²) >= 11 is 3.14. The van der Waals surface area contributed by atoms with Gasteiger partial charge in [-0.1, -0.05) is 33.6 Å². The van der Waals surface area contributed by atoms with Crippen LogP contribution < -0.4 is 0 Å². The molecule has 0 unspecified atom stereocenters. The lowest BCUT2D eigenvalue weighted by atomic mass is 10.2. The number of rotatable bonds is 4. The summed E-state index contributed by atoms with van der Waals surface area (Å²) in [4.78, 5) is 0.0820. The van der Waals surface area contributed by atoms with Gasteiger partial charge >= 0.3 is 0 Å². The van der Waals surface area contributed by atoms with E-state index in [4.69, 9.17) is 4.18 Å². The molecule has 106 valence electrons.